The molecule has 1 amide bonds. The lowest BCUT2D eigenvalue weighted by Crippen LogP contribution is -2.55. The molecule has 0 radical (unpaired) electrons. The summed E-state index contributed by atoms with van der Waals surface area (Å²) in [6.07, 6.45) is 2.90. The largest absolute Gasteiger partial charge is 0.296 e. The number of carbonyl (C=O) groups excluding carboxylic acids is 1. The van der Waals surface area contributed by atoms with E-state index in [-0.39, 0.29) is 5.91 Å². The molecule has 0 unspecified atom stereocenters. The van der Waals surface area contributed by atoms with Gasteiger partial charge in [0.1, 0.15) is 11.9 Å². The summed E-state index contributed by atoms with van der Waals surface area (Å²) in [7, 11) is -3.65. The normalized spacial score (nSPS) is 19.6. The van der Waals surface area contributed by atoms with E-state index in [9.17, 15) is 13.2 Å². The van der Waals surface area contributed by atoms with Gasteiger partial charge in [0.05, 0.1) is 6.20 Å². The maximum Gasteiger partial charge on any atom is 0.280 e. The fraction of sp³-hybridized carbons (Fsp3) is 0.714. The summed E-state index contributed by atoms with van der Waals surface area (Å²) >= 11 is 0. The van der Waals surface area contributed by atoms with Gasteiger partial charge in [0, 0.05) is 32.2 Å². The topological polar surface area (TPSA) is 87.5 Å². The van der Waals surface area contributed by atoms with Crippen molar-refractivity contribution in [2.45, 2.75) is 46.2 Å². The van der Waals surface area contributed by atoms with E-state index in [4.69, 9.17) is 0 Å². The molecule has 1 atom stereocenters. The first-order valence-electron chi connectivity index (χ1n) is 8.05. The Morgan fingerprint density at radius 3 is 2.65 bits per heavy atom. The molecule has 1 aromatic rings. The van der Waals surface area contributed by atoms with Gasteiger partial charge in [0.2, 0.25) is 5.91 Å². The SMILES string of the molecule is CCN(CC)S(=O)(=O)N[C@@H]1CCCN(c2ccnn2CC)C1=O. The average molecular weight is 343 g/mol. The number of rotatable bonds is 7. The van der Waals surface area contributed by atoms with Gasteiger partial charge in [-0.2, -0.15) is 22.5 Å². The van der Waals surface area contributed by atoms with Gasteiger partial charge < -0.3 is 0 Å². The molecule has 1 aliphatic rings. The fourth-order valence-corrected chi connectivity index (χ4v) is 4.24. The van der Waals surface area contributed by atoms with Crippen LogP contribution in [0.1, 0.15) is 33.6 Å². The second-order valence-electron chi connectivity index (χ2n) is 5.40. The summed E-state index contributed by atoms with van der Waals surface area (Å²) in [4.78, 5) is 14.3. The minimum Gasteiger partial charge on any atom is -0.296 e. The number of hydrogen-bond donors (Lipinski definition) is 1. The molecule has 1 saturated heterocycles. The third kappa shape index (κ3) is 3.73. The van der Waals surface area contributed by atoms with Crippen LogP contribution in [0.25, 0.3) is 0 Å². The van der Waals surface area contributed by atoms with Crippen molar-refractivity contribution in [1.82, 2.24) is 18.8 Å². The Morgan fingerprint density at radius 2 is 2.04 bits per heavy atom. The predicted octanol–water partition coefficient (Wildman–Crippen LogP) is 0.575. The van der Waals surface area contributed by atoms with Crippen LogP contribution < -0.4 is 9.62 Å². The van der Waals surface area contributed by atoms with Crippen LogP contribution in [0.5, 0.6) is 0 Å². The number of nitrogens with zero attached hydrogens (tertiary/aromatic N) is 4. The van der Waals surface area contributed by atoms with E-state index in [2.05, 4.69) is 9.82 Å². The standard InChI is InChI=1S/C14H25N5O3S/c1-4-17(5-2)23(21,22)16-12-8-7-11-18(14(12)20)13-9-10-15-19(13)6-3/h9-10,12,16H,4-8,11H2,1-3H3/t12-/m1/s1. The molecule has 2 rings (SSSR count). The molecule has 2 heterocycles. The smallest absolute Gasteiger partial charge is 0.280 e. The first kappa shape index (κ1) is 17.9. The van der Waals surface area contributed by atoms with Crippen molar-refractivity contribution in [3.63, 3.8) is 0 Å². The van der Waals surface area contributed by atoms with Crippen LogP contribution in [-0.4, -0.2) is 54.1 Å². The van der Waals surface area contributed by atoms with Gasteiger partial charge in [-0.3, -0.25) is 9.69 Å². The van der Waals surface area contributed by atoms with Crippen LogP contribution in [0.3, 0.4) is 0 Å². The number of piperidine rings is 1. The summed E-state index contributed by atoms with van der Waals surface area (Å²) in [6, 6.07) is 1.05. The highest BCUT2D eigenvalue weighted by Gasteiger charge is 2.35. The maximum absolute atomic E-state index is 12.7. The molecule has 1 N–H and O–H groups in total. The van der Waals surface area contributed by atoms with Crippen molar-refractivity contribution in [1.29, 1.82) is 0 Å². The van der Waals surface area contributed by atoms with Crippen molar-refractivity contribution in [3.8, 4) is 0 Å². The van der Waals surface area contributed by atoms with Gasteiger partial charge in [0.15, 0.2) is 0 Å². The van der Waals surface area contributed by atoms with E-state index >= 15 is 0 Å². The molecule has 0 aliphatic carbocycles. The summed E-state index contributed by atoms with van der Waals surface area (Å²) in [5, 5.41) is 4.17. The number of aryl methyl sites for hydroxylation is 1. The van der Waals surface area contributed by atoms with Gasteiger partial charge in [-0.1, -0.05) is 13.8 Å². The molecule has 0 aromatic carbocycles. The molecule has 1 aliphatic heterocycles. The Bertz CT molecular complexity index is 639. The van der Waals surface area contributed by atoms with Gasteiger partial charge in [-0.25, -0.2) is 4.68 Å². The lowest BCUT2D eigenvalue weighted by molar-refractivity contribution is -0.121. The molecule has 0 bridgehead atoms. The predicted molar refractivity (Wildman–Crippen MR) is 88.3 cm³/mol. The number of nitrogens with one attached hydrogen (secondary N) is 1. The van der Waals surface area contributed by atoms with Crippen molar-refractivity contribution in [2.75, 3.05) is 24.5 Å². The molecule has 0 spiro atoms. The van der Waals surface area contributed by atoms with E-state index in [0.29, 0.717) is 38.4 Å². The fourth-order valence-electron chi connectivity index (χ4n) is 2.83. The van der Waals surface area contributed by atoms with Crippen LogP contribution in [0.2, 0.25) is 0 Å². The van der Waals surface area contributed by atoms with Crippen molar-refractivity contribution in [3.05, 3.63) is 12.3 Å². The Balaban J connectivity index is 2.17. The Morgan fingerprint density at radius 1 is 1.35 bits per heavy atom. The summed E-state index contributed by atoms with van der Waals surface area (Å²) in [5.74, 6) is 0.492. The molecule has 8 nitrogen and oxygen atoms in total. The van der Waals surface area contributed by atoms with Crippen LogP contribution in [0.4, 0.5) is 5.82 Å². The van der Waals surface area contributed by atoms with Crippen LogP contribution in [0.15, 0.2) is 12.3 Å². The van der Waals surface area contributed by atoms with E-state index in [1.54, 1.807) is 35.7 Å². The molecule has 1 aromatic heterocycles. The Labute approximate surface area is 137 Å². The quantitative estimate of drug-likeness (QED) is 0.784. The molecule has 0 saturated carbocycles. The van der Waals surface area contributed by atoms with Crippen LogP contribution in [0, 0.1) is 0 Å². The summed E-state index contributed by atoms with van der Waals surface area (Å²) in [5.41, 5.74) is 0. The molecular weight excluding hydrogens is 318 g/mol. The first-order chi connectivity index (χ1) is 10.9. The average Bonchev–Trinajstić information content (AvgIpc) is 2.98. The summed E-state index contributed by atoms with van der Waals surface area (Å²) < 4.78 is 30.3. The van der Waals surface area contributed by atoms with E-state index < -0.39 is 16.3 Å². The first-order valence-corrected chi connectivity index (χ1v) is 9.49. The molecule has 130 valence electrons. The van der Waals surface area contributed by atoms with E-state index in [1.165, 1.54) is 4.31 Å². The zero-order valence-corrected chi connectivity index (χ0v) is 14.7. The third-order valence-electron chi connectivity index (χ3n) is 4.05. The second kappa shape index (κ2) is 7.41. The van der Waals surface area contributed by atoms with Crippen molar-refractivity contribution < 1.29 is 13.2 Å². The highest BCUT2D eigenvalue weighted by atomic mass is 32.2. The van der Waals surface area contributed by atoms with E-state index in [0.717, 1.165) is 6.42 Å². The highest BCUT2D eigenvalue weighted by Crippen LogP contribution is 2.21. The van der Waals surface area contributed by atoms with Crippen molar-refractivity contribution in [2.24, 2.45) is 0 Å². The van der Waals surface area contributed by atoms with Gasteiger partial charge >= 0.3 is 0 Å². The summed E-state index contributed by atoms with van der Waals surface area (Å²) in [6.45, 7) is 7.48. The lowest BCUT2D eigenvalue weighted by atomic mass is 10.1. The van der Waals surface area contributed by atoms with Gasteiger partial charge in [-0.15, -0.1) is 0 Å². The zero-order chi connectivity index (χ0) is 17.0. The second-order valence-corrected chi connectivity index (χ2v) is 7.10. The Hall–Kier alpha value is -1.45. The number of aromatic nitrogens is 2. The number of amides is 1. The maximum atomic E-state index is 12.7. The van der Waals surface area contributed by atoms with Crippen LogP contribution >= 0.6 is 0 Å². The molecule has 1 fully saturated rings. The molecule has 9 heteroatoms. The lowest BCUT2D eigenvalue weighted by Gasteiger charge is -2.33. The minimum absolute atomic E-state index is 0.220. The molecule has 23 heavy (non-hydrogen) atoms. The van der Waals surface area contributed by atoms with E-state index in [1.807, 2.05) is 6.92 Å². The van der Waals surface area contributed by atoms with Gasteiger partial charge in [-0.05, 0) is 19.8 Å². The third-order valence-corrected chi connectivity index (χ3v) is 5.82. The number of hydrogen-bond acceptors (Lipinski definition) is 4. The monoisotopic (exact) mass is 343 g/mol. The number of anilines is 1. The molecular formula is C14H25N5O3S. The minimum atomic E-state index is -3.65. The highest BCUT2D eigenvalue weighted by molar-refractivity contribution is 7.87. The van der Waals surface area contributed by atoms with Gasteiger partial charge in [0.25, 0.3) is 10.2 Å². The zero-order valence-electron chi connectivity index (χ0n) is 13.9. The van der Waals surface area contributed by atoms with Crippen LogP contribution in [-0.2, 0) is 21.5 Å². The Kier molecular flexibility index (Phi) is 5.77. The van der Waals surface area contributed by atoms with Crippen molar-refractivity contribution >= 4 is 21.9 Å². The number of carbonyl (C=O) groups is 1.